The average molecular weight is 1960 g/mol. The van der Waals surface area contributed by atoms with Crippen LogP contribution in [-0.2, 0) is 0 Å². The van der Waals surface area contributed by atoms with E-state index in [9.17, 15) is 0 Å². The van der Waals surface area contributed by atoms with Crippen LogP contribution in [0.3, 0.4) is 0 Å². The molecular formula is C129H77N17S3. The van der Waals surface area contributed by atoms with Gasteiger partial charge in [-0.25, -0.2) is 44.9 Å². The molecule has 0 amide bonds. The highest BCUT2D eigenvalue weighted by Crippen LogP contribution is 2.49. The standard InChI is InChI=1S/C46H28N6S.C43H25N5S.C40H24N6S/c1-3-12-30(13-4-1)35-28-36-43(46-45(35)51-53-52-46)42-34(16-11-19-39(42)50-44(36)32-14-5-2-6-15-32)31-22-20-29(21-23-31)33-26-40(37-17-7-9-24-47-37)49-41(27-33)38-18-8-10-25-48-38;1-4-11-26(12-5-1)32-25-33-38(43-42(32)47-49-48-43)37-31(17-10-18-36(37)46-39(33)28-15-8-3-9-16-28)35-24-22-30-20-19-29-21-23-34(27-13-6-2-7-14-27)44-40(29)41(30)45-35;1-4-11-26(12-5-1)36-31-23-24-33-37(46-47-45-33)35(31)34-30(17-10-18-32(34)41-36)25-19-21-29(22-20-25)40-43-38(27-13-6-2-7-14-27)42-39(44-40)28-15-8-3-9-16-28/h1-28H;1-25H;1-24H. The van der Waals surface area contributed by atoms with Crippen LogP contribution in [0.15, 0.2) is 467 Å². The third kappa shape index (κ3) is 16.5. The fraction of sp³-hybridized carbons (Fsp3) is 0. The maximum absolute atomic E-state index is 5.36. The van der Waals surface area contributed by atoms with Crippen molar-refractivity contribution in [3.8, 4) is 169 Å². The SMILES string of the molecule is c1ccc(-c2ccc3ccc4ccc(-c5cccc6nc(-c7ccccc7)c7cc(-c8ccccc8)c8nsnc8c7c56)nc4c3n2)cc1.c1ccc(-c2nc(-c3ccccc3)nc(-c3ccc(-c4cccc5nc(-c6ccccc6)c6ccc7nsnc7c6c45)cc3)n2)cc1.c1ccc(-c2nc3cccc(-c4ccc(-c5cc(-c6ccccn6)nc(-c6ccccn6)c5)cc4)c3c3c2cc(-c2ccccc2)c2nsnc23)cc1. The highest BCUT2D eigenvalue weighted by molar-refractivity contribution is 7.00. The predicted molar refractivity (Wildman–Crippen MR) is 610 cm³/mol. The molecule has 0 aliphatic heterocycles. The van der Waals surface area contributed by atoms with Crippen molar-refractivity contribution < 1.29 is 0 Å². The summed E-state index contributed by atoms with van der Waals surface area (Å²) in [5, 5.41) is 11.5. The molecule has 0 spiro atoms. The highest BCUT2D eigenvalue weighted by Gasteiger charge is 2.28. The maximum Gasteiger partial charge on any atom is 0.164 e. The molecule has 0 radical (unpaired) electrons. The Balaban J connectivity index is 0.000000110. The summed E-state index contributed by atoms with van der Waals surface area (Å²) in [5.74, 6) is 1.90. The van der Waals surface area contributed by atoms with E-state index in [-0.39, 0.29) is 0 Å². The summed E-state index contributed by atoms with van der Waals surface area (Å²) >= 11 is 3.74. The Kier molecular flexibility index (Phi) is 22.7. The summed E-state index contributed by atoms with van der Waals surface area (Å²) in [6.45, 7) is 0. The van der Waals surface area contributed by atoms with Crippen LogP contribution in [0.4, 0.5) is 0 Å². The molecule has 0 unspecified atom stereocenters. The molecule has 0 saturated carbocycles. The molecule has 0 atom stereocenters. The van der Waals surface area contributed by atoms with Gasteiger partial charge in [0.15, 0.2) is 17.5 Å². The number of nitrogens with zero attached hydrogens (tertiary/aromatic N) is 17. The largest absolute Gasteiger partial charge is 0.255 e. The second kappa shape index (κ2) is 38.3. The summed E-state index contributed by atoms with van der Waals surface area (Å²) in [7, 11) is 0. The third-order valence-corrected chi connectivity index (χ3v) is 29.0. The van der Waals surface area contributed by atoms with E-state index in [1.54, 1.807) is 12.4 Å². The zero-order valence-electron chi connectivity index (χ0n) is 79.3. The van der Waals surface area contributed by atoms with Crippen LogP contribution in [0.1, 0.15) is 0 Å². The minimum Gasteiger partial charge on any atom is -0.255 e. The number of rotatable bonds is 15. The van der Waals surface area contributed by atoms with Gasteiger partial charge < -0.3 is 0 Å². The number of hydrogen-bond donors (Lipinski definition) is 0. The first kappa shape index (κ1) is 88.4. The molecule has 17 aromatic carbocycles. The normalized spacial score (nSPS) is 11.5. The van der Waals surface area contributed by atoms with Crippen molar-refractivity contribution in [1.29, 1.82) is 0 Å². The van der Waals surface area contributed by atoms with Crippen LogP contribution in [0, 0.1) is 0 Å². The van der Waals surface area contributed by atoms with E-state index in [4.69, 9.17) is 66.7 Å². The Bertz CT molecular complexity index is 10100. The van der Waals surface area contributed by atoms with Crippen LogP contribution in [-0.4, -0.2) is 81.1 Å². The number of hydrogen-bond acceptors (Lipinski definition) is 20. The predicted octanol–water partition coefficient (Wildman–Crippen LogP) is 32.6. The number of aromatic nitrogens is 17. The van der Waals surface area contributed by atoms with Gasteiger partial charge in [0, 0.05) is 127 Å². The van der Waals surface area contributed by atoms with Crippen molar-refractivity contribution in [1.82, 2.24) is 81.1 Å². The molecule has 0 aliphatic rings. The Labute approximate surface area is 865 Å². The van der Waals surface area contributed by atoms with Gasteiger partial charge in [0.1, 0.15) is 33.1 Å². The first-order chi connectivity index (χ1) is 73.9. The molecule has 20 heteroatoms. The Morgan fingerprint density at radius 1 is 0.148 bits per heavy atom. The number of pyridine rings is 8. The van der Waals surface area contributed by atoms with Crippen LogP contribution >= 0.6 is 35.2 Å². The lowest BCUT2D eigenvalue weighted by Crippen LogP contribution is -2.00. The molecule has 12 heterocycles. The molecule has 0 aliphatic carbocycles. The molecule has 29 aromatic rings. The molecule has 0 fully saturated rings. The van der Waals surface area contributed by atoms with E-state index < -0.39 is 0 Å². The minimum absolute atomic E-state index is 0.622. The van der Waals surface area contributed by atoms with E-state index in [0.29, 0.717) is 17.5 Å². The van der Waals surface area contributed by atoms with Gasteiger partial charge in [-0.2, -0.15) is 26.2 Å². The van der Waals surface area contributed by atoms with Crippen LogP contribution in [0.5, 0.6) is 0 Å². The van der Waals surface area contributed by atoms with Crippen LogP contribution in [0.2, 0.25) is 0 Å². The number of fused-ring (bicyclic) bond motifs is 18. The lowest BCUT2D eigenvalue weighted by molar-refractivity contribution is 1.07. The van der Waals surface area contributed by atoms with Gasteiger partial charge in [0.25, 0.3) is 0 Å². The van der Waals surface area contributed by atoms with E-state index in [0.717, 1.165) is 271 Å². The lowest BCUT2D eigenvalue weighted by Gasteiger charge is -2.16. The van der Waals surface area contributed by atoms with Crippen molar-refractivity contribution in [3.05, 3.63) is 467 Å². The fourth-order valence-electron chi connectivity index (χ4n) is 20.4. The quantitative estimate of drug-likeness (QED) is 0.0871. The van der Waals surface area contributed by atoms with Gasteiger partial charge in [-0.1, -0.05) is 364 Å². The van der Waals surface area contributed by atoms with Gasteiger partial charge in [-0.05, 0) is 136 Å². The van der Waals surface area contributed by atoms with E-state index in [2.05, 4.69) is 306 Å². The lowest BCUT2D eigenvalue weighted by atomic mass is 9.90. The van der Waals surface area contributed by atoms with Crippen molar-refractivity contribution in [2.75, 3.05) is 0 Å². The topological polar surface area (TPSA) is 219 Å². The van der Waals surface area contributed by atoms with Crippen LogP contribution < -0.4 is 0 Å². The molecular weight excluding hydrogens is 1880 g/mol. The summed E-state index contributed by atoms with van der Waals surface area (Å²) < 4.78 is 29.0. The Morgan fingerprint density at radius 2 is 0.483 bits per heavy atom. The van der Waals surface area contributed by atoms with Gasteiger partial charge in [-0.3, -0.25) is 9.97 Å². The van der Waals surface area contributed by atoms with Crippen LogP contribution in [0.25, 0.3) is 289 Å². The zero-order valence-corrected chi connectivity index (χ0v) is 81.7. The van der Waals surface area contributed by atoms with Crippen molar-refractivity contribution in [2.24, 2.45) is 0 Å². The van der Waals surface area contributed by atoms with Crippen molar-refractivity contribution >= 4 is 155 Å². The minimum atomic E-state index is 0.622. The molecule has 0 bridgehead atoms. The molecule has 29 rings (SSSR count). The van der Waals surface area contributed by atoms with E-state index in [1.165, 1.54) is 35.2 Å². The first-order valence-electron chi connectivity index (χ1n) is 48.9. The maximum atomic E-state index is 5.36. The average Bonchev–Trinajstić information content (AvgIpc) is 1.72. The van der Waals surface area contributed by atoms with Gasteiger partial charge in [-0.15, -0.1) is 0 Å². The highest BCUT2D eigenvalue weighted by atomic mass is 32.1. The summed E-state index contributed by atoms with van der Waals surface area (Å²) in [4.78, 5) is 55.3. The summed E-state index contributed by atoms with van der Waals surface area (Å²) in [6, 6.07) is 156. The fourth-order valence-corrected chi connectivity index (χ4v) is 22.0. The molecule has 0 saturated heterocycles. The zero-order chi connectivity index (χ0) is 98.6. The van der Waals surface area contributed by atoms with E-state index in [1.807, 2.05) is 164 Å². The molecule has 12 aromatic heterocycles. The Morgan fingerprint density at radius 3 is 0.926 bits per heavy atom. The Hall–Kier alpha value is -19.5. The number of benzene rings is 17. The van der Waals surface area contributed by atoms with Crippen molar-refractivity contribution in [2.45, 2.75) is 0 Å². The van der Waals surface area contributed by atoms with Gasteiger partial charge in [0.2, 0.25) is 0 Å². The second-order valence-corrected chi connectivity index (χ2v) is 37.8. The third-order valence-electron chi connectivity index (χ3n) is 27.4. The second-order valence-electron chi connectivity index (χ2n) is 36.3. The van der Waals surface area contributed by atoms with E-state index >= 15 is 0 Å². The molecule has 149 heavy (non-hydrogen) atoms. The summed E-state index contributed by atoms with van der Waals surface area (Å²) in [6.07, 6.45) is 3.59. The molecule has 0 N–H and O–H groups in total. The molecule has 696 valence electrons. The van der Waals surface area contributed by atoms with Gasteiger partial charge in [0.05, 0.1) is 114 Å². The smallest absolute Gasteiger partial charge is 0.164 e. The molecule has 17 nitrogen and oxygen atoms in total. The van der Waals surface area contributed by atoms with Crippen molar-refractivity contribution in [3.63, 3.8) is 0 Å². The van der Waals surface area contributed by atoms with Gasteiger partial charge >= 0.3 is 0 Å². The first-order valence-corrected chi connectivity index (χ1v) is 51.1. The summed E-state index contributed by atoms with van der Waals surface area (Å²) in [5.41, 5.74) is 36.3. The monoisotopic (exact) mass is 1960 g/mol.